The van der Waals surface area contributed by atoms with Crippen molar-refractivity contribution >= 4 is 11.7 Å². The van der Waals surface area contributed by atoms with E-state index in [1.165, 1.54) is 4.90 Å². The minimum atomic E-state index is -1.44. The molecule has 1 saturated heterocycles. The number of aromatic nitrogens is 1. The van der Waals surface area contributed by atoms with Crippen LogP contribution >= 0.6 is 0 Å². The molecule has 1 atom stereocenters. The van der Waals surface area contributed by atoms with E-state index >= 15 is 0 Å². The van der Waals surface area contributed by atoms with Gasteiger partial charge in [-0.25, -0.2) is 9.37 Å². The highest BCUT2D eigenvalue weighted by Gasteiger charge is 2.33. The van der Waals surface area contributed by atoms with E-state index in [4.69, 9.17) is 9.47 Å². The average molecular weight is 330 g/mol. The molecule has 0 radical (unpaired) electrons. The van der Waals surface area contributed by atoms with E-state index in [1.54, 1.807) is 19.2 Å². The Morgan fingerprint density at radius 2 is 2.04 bits per heavy atom. The molecule has 0 bridgehead atoms. The first-order valence-electron chi connectivity index (χ1n) is 7.80. The van der Waals surface area contributed by atoms with Gasteiger partial charge in [0.05, 0.1) is 5.69 Å². The van der Waals surface area contributed by atoms with Gasteiger partial charge in [-0.3, -0.25) is 9.69 Å². The number of carbonyl (C=O) groups excluding carboxylic acids is 1. The molecule has 0 spiro atoms. The van der Waals surface area contributed by atoms with E-state index in [9.17, 15) is 9.18 Å². The number of hydrogen-bond acceptors (Lipinski definition) is 4. The number of alkyl halides is 1. The molecule has 1 aliphatic heterocycles. The van der Waals surface area contributed by atoms with Gasteiger partial charge in [0.1, 0.15) is 11.6 Å². The fraction of sp³-hybridized carbons (Fsp3) is 0.333. The molecule has 1 aromatic carbocycles. The summed E-state index contributed by atoms with van der Waals surface area (Å²) in [5.74, 6) is 0.516. The van der Waals surface area contributed by atoms with Crippen LogP contribution in [0.1, 0.15) is 17.7 Å². The van der Waals surface area contributed by atoms with Gasteiger partial charge in [-0.1, -0.05) is 30.3 Å². The van der Waals surface area contributed by atoms with Crippen LogP contribution in [0.25, 0.3) is 0 Å². The number of anilines is 1. The highest BCUT2D eigenvalue weighted by Crippen LogP contribution is 2.27. The van der Waals surface area contributed by atoms with E-state index in [0.29, 0.717) is 30.2 Å². The van der Waals surface area contributed by atoms with E-state index < -0.39 is 12.1 Å². The zero-order valence-corrected chi connectivity index (χ0v) is 13.4. The zero-order chi connectivity index (χ0) is 16.9. The number of hydrogen-bond donors (Lipinski definition) is 0. The molecule has 3 rings (SSSR count). The number of carbonyl (C=O) groups is 1. The van der Waals surface area contributed by atoms with Crippen LogP contribution in [0.15, 0.2) is 42.5 Å². The van der Waals surface area contributed by atoms with E-state index in [2.05, 4.69) is 4.98 Å². The smallest absolute Gasteiger partial charge is 0.262 e. The first kappa shape index (κ1) is 16.4. The highest BCUT2D eigenvalue weighted by atomic mass is 19.1. The Bertz CT molecular complexity index is 709. The van der Waals surface area contributed by atoms with Gasteiger partial charge in [0.15, 0.2) is 13.0 Å². The molecule has 126 valence electrons. The van der Waals surface area contributed by atoms with Gasteiger partial charge in [-0.2, -0.15) is 0 Å². The molecule has 5 nitrogen and oxygen atoms in total. The lowest BCUT2D eigenvalue weighted by Crippen LogP contribution is -2.28. The monoisotopic (exact) mass is 330 g/mol. The maximum Gasteiger partial charge on any atom is 0.262 e. The molecule has 1 aliphatic rings. The first-order chi connectivity index (χ1) is 11.7. The van der Waals surface area contributed by atoms with Crippen molar-refractivity contribution in [2.45, 2.75) is 19.0 Å². The highest BCUT2D eigenvalue weighted by molar-refractivity contribution is 5.97. The molecular formula is C18H19FN2O3. The van der Waals surface area contributed by atoms with Crippen molar-refractivity contribution in [3.63, 3.8) is 0 Å². The fourth-order valence-electron chi connectivity index (χ4n) is 2.67. The third-order valence-electron chi connectivity index (χ3n) is 3.88. The Labute approximate surface area is 140 Å². The lowest BCUT2D eigenvalue weighted by atomic mass is 10.1. The Hall–Kier alpha value is -2.47. The zero-order valence-electron chi connectivity index (χ0n) is 13.4. The number of methoxy groups -OCH3 is 1. The van der Waals surface area contributed by atoms with Gasteiger partial charge in [0.2, 0.25) is 0 Å². The summed E-state index contributed by atoms with van der Waals surface area (Å²) in [7, 11) is 1.54. The number of benzene rings is 1. The van der Waals surface area contributed by atoms with E-state index in [-0.39, 0.29) is 13.2 Å². The van der Waals surface area contributed by atoms with Gasteiger partial charge in [-0.05, 0) is 17.7 Å². The largest absolute Gasteiger partial charge is 0.466 e. The predicted molar refractivity (Wildman–Crippen MR) is 87.9 cm³/mol. The third-order valence-corrected chi connectivity index (χ3v) is 3.88. The molecular weight excluding hydrogens is 311 g/mol. The lowest BCUT2D eigenvalue weighted by molar-refractivity contribution is -0.121. The Kier molecular flexibility index (Phi) is 5.05. The molecule has 2 heterocycles. The summed E-state index contributed by atoms with van der Waals surface area (Å²) in [6.45, 7) is 0.452. The Balaban J connectivity index is 1.90. The molecule has 0 N–H and O–H groups in total. The average Bonchev–Trinajstić information content (AvgIpc) is 2.94. The minimum absolute atomic E-state index is 0.109. The van der Waals surface area contributed by atoms with Gasteiger partial charge in [0, 0.05) is 26.5 Å². The van der Waals surface area contributed by atoms with Crippen molar-refractivity contribution in [2.24, 2.45) is 0 Å². The number of rotatable bonds is 6. The number of nitrogens with zero attached hydrogens (tertiary/aromatic N) is 2. The number of pyridine rings is 1. The van der Waals surface area contributed by atoms with Crippen LogP contribution < -0.4 is 9.64 Å². The maximum absolute atomic E-state index is 13.5. The van der Waals surface area contributed by atoms with Crippen LogP contribution in [0.2, 0.25) is 0 Å². The second-order valence-corrected chi connectivity index (χ2v) is 5.57. The van der Waals surface area contributed by atoms with Crippen molar-refractivity contribution in [1.82, 2.24) is 4.98 Å². The SMILES string of the molecule is COCOc1ccc(N2CC[C@H](F)C2=O)nc1Cc1ccccc1. The van der Waals surface area contributed by atoms with E-state index in [0.717, 1.165) is 5.56 Å². The molecule has 1 amide bonds. The van der Waals surface area contributed by atoms with Crippen LogP contribution in [-0.2, 0) is 16.0 Å². The van der Waals surface area contributed by atoms with Gasteiger partial charge in [-0.15, -0.1) is 0 Å². The van der Waals surface area contributed by atoms with Crippen LogP contribution in [-0.4, -0.2) is 37.5 Å². The number of ether oxygens (including phenoxy) is 2. The molecule has 1 aromatic heterocycles. The Morgan fingerprint density at radius 1 is 1.25 bits per heavy atom. The summed E-state index contributed by atoms with van der Waals surface area (Å²) in [4.78, 5) is 17.8. The number of amides is 1. The normalized spacial score (nSPS) is 17.3. The van der Waals surface area contributed by atoms with Crippen molar-refractivity contribution < 1.29 is 18.7 Å². The standard InChI is InChI=1S/C18H19FN2O3/c1-23-12-24-16-7-8-17(21-10-9-14(19)18(21)22)20-15(16)11-13-5-3-2-4-6-13/h2-8,14H,9-12H2,1H3/t14-/m0/s1. The molecule has 0 aliphatic carbocycles. The summed E-state index contributed by atoms with van der Waals surface area (Å²) in [5.41, 5.74) is 1.76. The second-order valence-electron chi connectivity index (χ2n) is 5.57. The summed E-state index contributed by atoms with van der Waals surface area (Å²) in [6.07, 6.45) is -0.681. The molecule has 1 fully saturated rings. The van der Waals surface area contributed by atoms with Crippen molar-refractivity contribution in [1.29, 1.82) is 0 Å². The third kappa shape index (κ3) is 3.54. The summed E-state index contributed by atoms with van der Waals surface area (Å²) < 4.78 is 24.0. The topological polar surface area (TPSA) is 51.7 Å². The summed E-state index contributed by atoms with van der Waals surface area (Å²) in [6, 6.07) is 13.3. The van der Waals surface area contributed by atoms with Gasteiger partial charge in [0.25, 0.3) is 5.91 Å². The van der Waals surface area contributed by atoms with Crippen LogP contribution in [0.3, 0.4) is 0 Å². The minimum Gasteiger partial charge on any atom is -0.466 e. The first-order valence-corrected chi connectivity index (χ1v) is 7.80. The molecule has 24 heavy (non-hydrogen) atoms. The lowest BCUT2D eigenvalue weighted by Gasteiger charge is -2.17. The molecule has 0 unspecified atom stereocenters. The van der Waals surface area contributed by atoms with Gasteiger partial charge >= 0.3 is 0 Å². The predicted octanol–water partition coefficient (Wildman–Crippen LogP) is 2.73. The quantitative estimate of drug-likeness (QED) is 0.764. The Morgan fingerprint density at radius 3 is 2.71 bits per heavy atom. The van der Waals surface area contributed by atoms with E-state index in [1.807, 2.05) is 30.3 Å². The van der Waals surface area contributed by atoms with Crippen molar-refractivity contribution in [2.75, 3.05) is 25.3 Å². The van der Waals surface area contributed by atoms with Crippen LogP contribution in [0.4, 0.5) is 10.2 Å². The van der Waals surface area contributed by atoms with Gasteiger partial charge < -0.3 is 9.47 Å². The molecule has 6 heteroatoms. The summed E-state index contributed by atoms with van der Waals surface area (Å²) >= 11 is 0. The van der Waals surface area contributed by atoms with Crippen LogP contribution in [0, 0.1) is 0 Å². The fourth-order valence-corrected chi connectivity index (χ4v) is 2.67. The summed E-state index contributed by atoms with van der Waals surface area (Å²) in [5, 5.41) is 0. The van der Waals surface area contributed by atoms with Crippen molar-refractivity contribution in [3.05, 3.63) is 53.7 Å². The van der Waals surface area contributed by atoms with Crippen LogP contribution in [0.5, 0.6) is 5.75 Å². The maximum atomic E-state index is 13.5. The number of halogens is 1. The molecule has 0 saturated carbocycles. The molecule has 2 aromatic rings. The second kappa shape index (κ2) is 7.40. The van der Waals surface area contributed by atoms with Crippen molar-refractivity contribution in [3.8, 4) is 5.75 Å².